The van der Waals surface area contributed by atoms with Crippen molar-refractivity contribution in [2.24, 2.45) is 40.4 Å². The Labute approximate surface area is 210 Å². The highest BCUT2D eigenvalue weighted by Gasteiger charge is 2.59. The van der Waals surface area contributed by atoms with Gasteiger partial charge in [-0.15, -0.1) is 0 Å². The van der Waals surface area contributed by atoms with Crippen LogP contribution in [0.5, 0.6) is 0 Å². The third-order valence-electron chi connectivity index (χ3n) is 11.9. The molecule has 3 heteroatoms. The van der Waals surface area contributed by atoms with Crippen molar-refractivity contribution in [3.05, 3.63) is 0 Å². The molecule has 3 nitrogen and oxygen atoms in total. The van der Waals surface area contributed by atoms with Gasteiger partial charge in [0.2, 0.25) is 5.91 Å². The molecule has 34 heavy (non-hydrogen) atoms. The van der Waals surface area contributed by atoms with E-state index < -0.39 is 0 Å². The summed E-state index contributed by atoms with van der Waals surface area (Å²) in [6.45, 7) is 14.7. The Hall–Kier alpha value is -0.570. The van der Waals surface area contributed by atoms with Crippen molar-refractivity contribution >= 4 is 5.91 Å². The fourth-order valence-corrected chi connectivity index (χ4v) is 10.1. The highest BCUT2D eigenvalue weighted by Crippen LogP contribution is 2.63. The Bertz CT molecular complexity index is 712. The minimum absolute atomic E-state index is 0.000941. The van der Waals surface area contributed by atoms with Crippen LogP contribution in [-0.2, 0) is 4.79 Å². The Balaban J connectivity index is 1.30. The second-order valence-corrected chi connectivity index (χ2v) is 14.0. The lowest BCUT2D eigenvalue weighted by Gasteiger charge is -2.56. The fraction of sp³-hybridized carbons (Fsp3) is 0.968. The zero-order valence-corrected chi connectivity index (χ0v) is 23.0. The van der Waals surface area contributed by atoms with Crippen LogP contribution in [0.4, 0.5) is 0 Å². The van der Waals surface area contributed by atoms with E-state index in [0.29, 0.717) is 23.3 Å². The number of carbonyl (C=O) groups excluding carboxylic acids is 1. The van der Waals surface area contributed by atoms with Crippen molar-refractivity contribution < 1.29 is 4.79 Å². The molecule has 1 amide bonds. The van der Waals surface area contributed by atoms with Crippen molar-refractivity contribution in [3.63, 3.8) is 0 Å². The summed E-state index contributed by atoms with van der Waals surface area (Å²) in [5.74, 6) is 4.65. The Kier molecular flexibility index (Phi) is 7.43. The van der Waals surface area contributed by atoms with Gasteiger partial charge in [0.15, 0.2) is 0 Å². The summed E-state index contributed by atoms with van der Waals surface area (Å²) in [6.07, 6.45) is 18.4. The topological polar surface area (TPSA) is 23.6 Å². The summed E-state index contributed by atoms with van der Waals surface area (Å²) in [6, 6.07) is 0.493. The Morgan fingerprint density at radius 3 is 2.47 bits per heavy atom. The van der Waals surface area contributed by atoms with Gasteiger partial charge in [0.25, 0.3) is 0 Å². The standard InChI is InChI=1S/C31H54N2O/c1-5-6-16-30(3,4)27-14-13-26-25(23(27)2)15-18-31(17-9-12-28(26)31)29(34)33-21-10-11-24(33)22-32-19-7-8-20-32/h23-28H,5-22H2,1-4H3. The van der Waals surface area contributed by atoms with Crippen molar-refractivity contribution in [1.82, 2.24) is 9.80 Å². The predicted octanol–water partition coefficient (Wildman–Crippen LogP) is 7.15. The summed E-state index contributed by atoms with van der Waals surface area (Å²) in [5.41, 5.74) is 0.470. The lowest BCUT2D eigenvalue weighted by molar-refractivity contribution is -0.155. The van der Waals surface area contributed by atoms with Gasteiger partial charge in [0, 0.05) is 19.1 Å². The number of hydrogen-bond donors (Lipinski definition) is 0. The SMILES string of the molecule is CCCCC(C)(C)C1CCC2C(CCC3(C(=O)N4CCCC4CN4CCCC4)CCCC23)C1C. The highest BCUT2D eigenvalue weighted by atomic mass is 16.2. The third kappa shape index (κ3) is 4.39. The van der Waals surface area contributed by atoms with Gasteiger partial charge in [-0.3, -0.25) is 4.79 Å². The molecule has 2 heterocycles. The molecule has 3 saturated carbocycles. The normalized spacial score (nSPS) is 41.0. The highest BCUT2D eigenvalue weighted by molar-refractivity contribution is 5.84. The number of hydrogen-bond acceptors (Lipinski definition) is 2. The molecular weight excluding hydrogens is 416 g/mol. The van der Waals surface area contributed by atoms with E-state index in [1.807, 2.05) is 0 Å². The van der Waals surface area contributed by atoms with Crippen LogP contribution in [-0.4, -0.2) is 47.9 Å². The third-order valence-corrected chi connectivity index (χ3v) is 11.9. The van der Waals surface area contributed by atoms with E-state index in [1.54, 1.807) is 0 Å². The van der Waals surface area contributed by atoms with Crippen molar-refractivity contribution in [2.45, 2.75) is 124 Å². The van der Waals surface area contributed by atoms with Gasteiger partial charge in [-0.2, -0.15) is 0 Å². The van der Waals surface area contributed by atoms with Gasteiger partial charge < -0.3 is 9.80 Å². The molecule has 0 spiro atoms. The molecule has 2 saturated heterocycles. The van der Waals surface area contributed by atoms with Gasteiger partial charge in [0.1, 0.15) is 0 Å². The summed E-state index contributed by atoms with van der Waals surface area (Å²) in [4.78, 5) is 19.4. The Morgan fingerprint density at radius 2 is 1.71 bits per heavy atom. The average Bonchev–Trinajstić information content (AvgIpc) is 3.59. The smallest absolute Gasteiger partial charge is 0.229 e. The second kappa shape index (κ2) is 10.1. The van der Waals surface area contributed by atoms with E-state index >= 15 is 0 Å². The van der Waals surface area contributed by atoms with Crippen LogP contribution in [0.15, 0.2) is 0 Å². The first-order chi connectivity index (χ1) is 16.4. The molecule has 0 radical (unpaired) electrons. The fourth-order valence-electron chi connectivity index (χ4n) is 10.1. The van der Waals surface area contributed by atoms with Crippen LogP contribution in [0, 0.1) is 40.4 Å². The van der Waals surface area contributed by atoms with E-state index in [0.717, 1.165) is 36.8 Å². The molecule has 7 unspecified atom stereocenters. The summed E-state index contributed by atoms with van der Waals surface area (Å²) in [5, 5.41) is 0. The number of rotatable bonds is 7. The molecule has 5 aliphatic rings. The zero-order chi connectivity index (χ0) is 23.9. The van der Waals surface area contributed by atoms with Gasteiger partial charge in [-0.25, -0.2) is 0 Å². The van der Waals surface area contributed by atoms with Crippen LogP contribution in [0.25, 0.3) is 0 Å². The maximum Gasteiger partial charge on any atom is 0.229 e. The molecular formula is C31H54N2O. The molecule has 5 rings (SSSR count). The number of fused-ring (bicyclic) bond motifs is 3. The number of carbonyl (C=O) groups is 1. The number of amides is 1. The van der Waals surface area contributed by atoms with Crippen LogP contribution >= 0.6 is 0 Å². The van der Waals surface area contributed by atoms with Crippen molar-refractivity contribution in [1.29, 1.82) is 0 Å². The maximum atomic E-state index is 14.4. The monoisotopic (exact) mass is 470 g/mol. The molecule has 3 aliphatic carbocycles. The molecule has 7 atom stereocenters. The van der Waals surface area contributed by atoms with Crippen molar-refractivity contribution in [2.75, 3.05) is 26.2 Å². The van der Waals surface area contributed by atoms with E-state index in [2.05, 4.69) is 37.5 Å². The van der Waals surface area contributed by atoms with Gasteiger partial charge in [-0.05, 0) is 119 Å². The van der Waals surface area contributed by atoms with Gasteiger partial charge in [0.05, 0.1) is 5.41 Å². The average molecular weight is 471 g/mol. The molecule has 0 aromatic heterocycles. The molecule has 2 aliphatic heterocycles. The van der Waals surface area contributed by atoms with Gasteiger partial charge in [-0.1, -0.05) is 47.0 Å². The van der Waals surface area contributed by atoms with Crippen molar-refractivity contribution in [3.8, 4) is 0 Å². The lowest BCUT2D eigenvalue weighted by Crippen LogP contribution is -2.56. The second-order valence-electron chi connectivity index (χ2n) is 14.0. The first-order valence-electron chi connectivity index (χ1n) is 15.4. The maximum absolute atomic E-state index is 14.4. The molecule has 0 bridgehead atoms. The molecule has 0 aromatic rings. The molecule has 5 fully saturated rings. The molecule has 194 valence electrons. The predicted molar refractivity (Wildman–Crippen MR) is 142 cm³/mol. The first-order valence-corrected chi connectivity index (χ1v) is 15.4. The van der Waals surface area contributed by atoms with Crippen LogP contribution < -0.4 is 0 Å². The van der Waals surface area contributed by atoms with Crippen LogP contribution in [0.2, 0.25) is 0 Å². The zero-order valence-electron chi connectivity index (χ0n) is 23.0. The minimum Gasteiger partial charge on any atom is -0.338 e. The number of unbranched alkanes of at least 4 members (excludes halogenated alkanes) is 1. The lowest BCUT2D eigenvalue weighted by atomic mass is 9.49. The summed E-state index contributed by atoms with van der Waals surface area (Å²) in [7, 11) is 0. The quantitative estimate of drug-likeness (QED) is 0.394. The molecule has 0 N–H and O–H groups in total. The number of nitrogens with zero attached hydrogens (tertiary/aromatic N) is 2. The van der Waals surface area contributed by atoms with E-state index in [9.17, 15) is 4.79 Å². The minimum atomic E-state index is -0.000941. The summed E-state index contributed by atoms with van der Waals surface area (Å²) >= 11 is 0. The molecule has 0 aromatic carbocycles. The van der Waals surface area contributed by atoms with E-state index in [-0.39, 0.29) is 5.41 Å². The van der Waals surface area contributed by atoms with Gasteiger partial charge >= 0.3 is 0 Å². The van der Waals surface area contributed by atoms with Crippen LogP contribution in [0.3, 0.4) is 0 Å². The number of likely N-dealkylation sites (tertiary alicyclic amines) is 2. The Morgan fingerprint density at radius 1 is 0.912 bits per heavy atom. The van der Waals surface area contributed by atoms with Crippen LogP contribution in [0.1, 0.15) is 118 Å². The largest absolute Gasteiger partial charge is 0.338 e. The van der Waals surface area contributed by atoms with E-state index in [4.69, 9.17) is 0 Å². The van der Waals surface area contributed by atoms with E-state index in [1.165, 1.54) is 103 Å². The summed E-state index contributed by atoms with van der Waals surface area (Å²) < 4.78 is 0. The first kappa shape index (κ1) is 25.1.